The van der Waals surface area contributed by atoms with E-state index in [1.54, 1.807) is 12.3 Å². The minimum Gasteiger partial charge on any atom is -0.381 e. The summed E-state index contributed by atoms with van der Waals surface area (Å²) < 4.78 is 31.0. The Labute approximate surface area is 182 Å². The number of pyridine rings is 1. The van der Waals surface area contributed by atoms with Crippen molar-refractivity contribution in [3.8, 4) is 0 Å². The minimum atomic E-state index is -3.57. The summed E-state index contributed by atoms with van der Waals surface area (Å²) in [4.78, 5) is 20.1. The lowest BCUT2D eigenvalue weighted by molar-refractivity contribution is 0.0176. The number of ether oxygens (including phenoxy) is 1. The maximum atomic E-state index is 12.2. The predicted molar refractivity (Wildman–Crippen MR) is 117 cm³/mol. The van der Waals surface area contributed by atoms with Crippen LogP contribution in [0.4, 0.5) is 11.6 Å². The molecule has 0 aromatic carbocycles. The van der Waals surface area contributed by atoms with Crippen LogP contribution in [0.5, 0.6) is 0 Å². The second-order valence-electron chi connectivity index (χ2n) is 7.77. The summed E-state index contributed by atoms with van der Waals surface area (Å²) in [5.41, 5.74) is 1.46. The molecule has 1 saturated heterocycles. The number of aromatic nitrogens is 3. The summed E-state index contributed by atoms with van der Waals surface area (Å²) in [5.74, 6) is 0.419. The zero-order valence-electron chi connectivity index (χ0n) is 17.8. The van der Waals surface area contributed by atoms with Gasteiger partial charge in [-0.3, -0.25) is 9.89 Å². The average Bonchev–Trinajstić information content (AvgIpc) is 3.16. The molecular formula is C20H27N7O3S. The minimum absolute atomic E-state index is 0.0130. The first-order chi connectivity index (χ1) is 14.9. The molecule has 2 atom stereocenters. The summed E-state index contributed by atoms with van der Waals surface area (Å²) in [6.07, 6.45) is 7.17. The summed E-state index contributed by atoms with van der Waals surface area (Å²) in [6, 6.07) is 5.38. The molecule has 0 radical (unpaired) electrons. The van der Waals surface area contributed by atoms with Gasteiger partial charge in [-0.25, -0.2) is 27.7 Å². The van der Waals surface area contributed by atoms with Crippen LogP contribution in [-0.2, 0) is 14.8 Å². The second-order valence-corrected chi connectivity index (χ2v) is 9.87. The number of anilines is 2. The topological polar surface area (TPSA) is 113 Å². The highest BCUT2D eigenvalue weighted by Crippen LogP contribution is 2.32. The van der Waals surface area contributed by atoms with Gasteiger partial charge in [0, 0.05) is 45.8 Å². The number of hydrogen-bond acceptors (Lipinski definition) is 9. The fourth-order valence-electron chi connectivity index (χ4n) is 3.86. The van der Waals surface area contributed by atoms with E-state index in [2.05, 4.69) is 37.1 Å². The van der Waals surface area contributed by atoms with Crippen molar-refractivity contribution >= 4 is 27.9 Å². The third-order valence-corrected chi connectivity index (χ3v) is 7.26. The Hall–Kier alpha value is -2.47. The fraction of sp³-hybridized carbons (Fsp3) is 0.500. The van der Waals surface area contributed by atoms with Crippen molar-refractivity contribution in [1.82, 2.24) is 24.2 Å². The first-order valence-electron chi connectivity index (χ1n) is 10.2. The van der Waals surface area contributed by atoms with Gasteiger partial charge < -0.3 is 10.1 Å². The molecule has 0 bridgehead atoms. The van der Waals surface area contributed by atoms with Crippen molar-refractivity contribution in [1.29, 1.82) is 0 Å². The van der Waals surface area contributed by atoms with Crippen LogP contribution in [0.25, 0.3) is 0 Å². The molecule has 31 heavy (non-hydrogen) atoms. The lowest BCUT2D eigenvalue weighted by atomic mass is 10.0. The van der Waals surface area contributed by atoms with Crippen LogP contribution in [0.2, 0.25) is 0 Å². The molecule has 1 fully saturated rings. The van der Waals surface area contributed by atoms with Gasteiger partial charge in [-0.15, -0.1) is 0 Å². The molecule has 2 unspecified atom stereocenters. The first kappa shape index (κ1) is 21.8. The van der Waals surface area contributed by atoms with E-state index < -0.39 is 10.0 Å². The monoisotopic (exact) mass is 445 g/mol. The van der Waals surface area contributed by atoms with Crippen LogP contribution in [0, 0.1) is 0 Å². The van der Waals surface area contributed by atoms with Gasteiger partial charge in [0.25, 0.3) is 10.0 Å². The smallest absolute Gasteiger partial charge is 0.260 e. The van der Waals surface area contributed by atoms with Crippen molar-refractivity contribution < 1.29 is 13.2 Å². The molecule has 2 aliphatic heterocycles. The quantitative estimate of drug-likeness (QED) is 0.716. The molecule has 4 heterocycles. The van der Waals surface area contributed by atoms with E-state index in [9.17, 15) is 8.42 Å². The molecule has 2 aromatic heterocycles. The number of aliphatic imine (C=N–C) groups is 1. The maximum absolute atomic E-state index is 12.2. The average molecular weight is 446 g/mol. The van der Waals surface area contributed by atoms with E-state index >= 15 is 0 Å². The Kier molecular flexibility index (Phi) is 6.28. The third kappa shape index (κ3) is 4.59. The van der Waals surface area contributed by atoms with Gasteiger partial charge >= 0.3 is 0 Å². The Morgan fingerprint density at radius 2 is 1.94 bits per heavy atom. The molecule has 11 heteroatoms. The van der Waals surface area contributed by atoms with Gasteiger partial charge in [0.05, 0.1) is 29.8 Å². The van der Waals surface area contributed by atoms with E-state index in [0.29, 0.717) is 17.7 Å². The van der Waals surface area contributed by atoms with E-state index in [1.165, 1.54) is 26.4 Å². The molecule has 0 saturated carbocycles. The van der Waals surface area contributed by atoms with Gasteiger partial charge in [-0.2, -0.15) is 0 Å². The molecule has 166 valence electrons. The fourth-order valence-corrected chi connectivity index (χ4v) is 4.66. The van der Waals surface area contributed by atoms with Crippen molar-refractivity contribution in [3.63, 3.8) is 0 Å². The molecule has 0 amide bonds. The summed E-state index contributed by atoms with van der Waals surface area (Å²) in [6.45, 7) is 3.63. The van der Waals surface area contributed by atoms with E-state index in [4.69, 9.17) is 4.74 Å². The zero-order valence-corrected chi connectivity index (χ0v) is 18.7. The van der Waals surface area contributed by atoms with Gasteiger partial charge in [0.1, 0.15) is 0 Å². The first-order valence-corrected chi connectivity index (χ1v) is 11.7. The van der Waals surface area contributed by atoms with Crippen molar-refractivity contribution in [2.24, 2.45) is 4.99 Å². The normalized spacial score (nSPS) is 22.8. The molecule has 1 N–H and O–H groups in total. The van der Waals surface area contributed by atoms with Crippen LogP contribution in [0.1, 0.15) is 31.5 Å². The Morgan fingerprint density at radius 1 is 1.16 bits per heavy atom. The standard InChI is InChI=1S/C20H27N7O3S/c1-14-22-13-18(27(14)16-7-10-30-11-8-16)17-6-9-21-20(25-17)24-15-4-5-19(23-12-15)31(28,29)26(2)3/h4-6,9,12-14,16,18H,7-8,10-11H2,1-3H3,(H,21,24,25). The van der Waals surface area contributed by atoms with E-state index in [1.807, 2.05) is 12.3 Å². The molecule has 2 aromatic rings. The zero-order chi connectivity index (χ0) is 22.0. The molecule has 0 spiro atoms. The SMILES string of the molecule is CC1N=CC(c2ccnc(Nc3ccc(S(=O)(=O)N(C)C)nc3)n2)N1C1CCOCC1. The number of hydrogen-bond donors (Lipinski definition) is 1. The molecular weight excluding hydrogens is 418 g/mol. The number of rotatable bonds is 6. The van der Waals surface area contributed by atoms with E-state index in [-0.39, 0.29) is 17.2 Å². The predicted octanol–water partition coefficient (Wildman–Crippen LogP) is 1.82. The van der Waals surface area contributed by atoms with Gasteiger partial charge in [0.2, 0.25) is 5.95 Å². The highest BCUT2D eigenvalue weighted by molar-refractivity contribution is 7.89. The highest BCUT2D eigenvalue weighted by Gasteiger charge is 2.35. The molecule has 2 aliphatic rings. The molecule has 4 rings (SSSR count). The van der Waals surface area contributed by atoms with Crippen molar-refractivity contribution in [3.05, 3.63) is 36.3 Å². The third-order valence-electron chi connectivity index (χ3n) is 5.53. The second kappa shape index (κ2) is 8.95. The van der Waals surface area contributed by atoms with Gasteiger partial charge in [-0.05, 0) is 38.0 Å². The lowest BCUT2D eigenvalue weighted by Crippen LogP contribution is -2.43. The Morgan fingerprint density at radius 3 is 2.61 bits per heavy atom. The highest BCUT2D eigenvalue weighted by atomic mass is 32.2. The number of nitrogens with zero attached hydrogens (tertiary/aromatic N) is 6. The summed E-state index contributed by atoms with van der Waals surface area (Å²) in [7, 11) is -0.629. The largest absolute Gasteiger partial charge is 0.381 e. The van der Waals surface area contributed by atoms with Crippen molar-refractivity contribution in [2.45, 2.75) is 43.0 Å². The van der Waals surface area contributed by atoms with Crippen molar-refractivity contribution in [2.75, 3.05) is 32.6 Å². The van der Waals surface area contributed by atoms with Crippen LogP contribution in [0.15, 0.2) is 40.6 Å². The molecule has 10 nitrogen and oxygen atoms in total. The Balaban J connectivity index is 1.51. The van der Waals surface area contributed by atoms with Crippen LogP contribution in [0.3, 0.4) is 0 Å². The van der Waals surface area contributed by atoms with Gasteiger partial charge in [0.15, 0.2) is 5.03 Å². The number of sulfonamides is 1. The lowest BCUT2D eigenvalue weighted by Gasteiger charge is -2.37. The number of nitrogens with one attached hydrogen (secondary N) is 1. The Bertz CT molecular complexity index is 1040. The summed E-state index contributed by atoms with van der Waals surface area (Å²) in [5, 5.41) is 3.09. The maximum Gasteiger partial charge on any atom is 0.260 e. The van der Waals surface area contributed by atoms with E-state index in [0.717, 1.165) is 36.1 Å². The van der Waals surface area contributed by atoms with Crippen LogP contribution in [-0.4, -0.2) is 78.3 Å². The van der Waals surface area contributed by atoms with Crippen LogP contribution < -0.4 is 5.32 Å². The summed E-state index contributed by atoms with van der Waals surface area (Å²) >= 11 is 0. The van der Waals surface area contributed by atoms with Crippen LogP contribution >= 0.6 is 0 Å². The molecule has 0 aliphatic carbocycles. The van der Waals surface area contributed by atoms with Gasteiger partial charge in [-0.1, -0.05) is 0 Å².